The molecule has 3 unspecified atom stereocenters. The minimum Gasteiger partial charge on any atom is -0.284 e. The van der Waals surface area contributed by atoms with Crippen LogP contribution < -0.4 is 0 Å². The van der Waals surface area contributed by atoms with Crippen molar-refractivity contribution in [2.24, 2.45) is 27.7 Å². The second-order valence-corrected chi connectivity index (χ2v) is 5.85. The summed E-state index contributed by atoms with van der Waals surface area (Å²) in [5.41, 5.74) is -0.861. The van der Waals surface area contributed by atoms with Gasteiger partial charge in [-0.3, -0.25) is 14.9 Å². The summed E-state index contributed by atoms with van der Waals surface area (Å²) in [7, 11) is 0. The molecule has 1 aliphatic heterocycles. The van der Waals surface area contributed by atoms with Crippen molar-refractivity contribution in [1.29, 1.82) is 0 Å². The molecule has 0 aromatic heterocycles. The SMILES string of the molecule is C=N/C=C(\C=NCN1CC(C)CC2CC2C1)C(F)(F)F. The van der Waals surface area contributed by atoms with Crippen LogP contribution in [0.4, 0.5) is 13.2 Å². The summed E-state index contributed by atoms with van der Waals surface area (Å²) in [4.78, 5) is 9.26. The van der Waals surface area contributed by atoms with Gasteiger partial charge < -0.3 is 0 Å². The molecule has 0 N–H and O–H groups in total. The Hall–Kier alpha value is -1.17. The highest BCUT2D eigenvalue weighted by Gasteiger charge is 2.41. The van der Waals surface area contributed by atoms with E-state index in [1.807, 2.05) is 0 Å². The van der Waals surface area contributed by atoms with E-state index in [-0.39, 0.29) is 0 Å². The molecule has 1 saturated heterocycles. The number of hydrogen-bond donors (Lipinski definition) is 0. The second kappa shape index (κ2) is 6.08. The van der Waals surface area contributed by atoms with Crippen LogP contribution >= 0.6 is 0 Å². The molecule has 0 aromatic carbocycles. The third kappa shape index (κ3) is 4.16. The summed E-state index contributed by atoms with van der Waals surface area (Å²) < 4.78 is 37.8. The first-order chi connectivity index (χ1) is 9.40. The second-order valence-electron chi connectivity index (χ2n) is 5.85. The zero-order chi connectivity index (χ0) is 14.8. The lowest BCUT2D eigenvalue weighted by atomic mass is 10.1. The van der Waals surface area contributed by atoms with E-state index in [9.17, 15) is 13.2 Å². The van der Waals surface area contributed by atoms with Gasteiger partial charge in [0, 0.05) is 25.5 Å². The van der Waals surface area contributed by atoms with E-state index >= 15 is 0 Å². The molecule has 1 aliphatic carbocycles. The van der Waals surface area contributed by atoms with Gasteiger partial charge in [-0.15, -0.1) is 0 Å². The van der Waals surface area contributed by atoms with Gasteiger partial charge in [-0.25, -0.2) is 0 Å². The summed E-state index contributed by atoms with van der Waals surface area (Å²) in [6, 6.07) is 0. The number of rotatable bonds is 4. The van der Waals surface area contributed by atoms with E-state index in [0.29, 0.717) is 18.8 Å². The Morgan fingerprint density at radius 3 is 2.70 bits per heavy atom. The molecule has 2 rings (SSSR count). The Kier molecular flexibility index (Phi) is 4.62. The fraction of sp³-hybridized carbons (Fsp3) is 0.714. The van der Waals surface area contributed by atoms with Crippen LogP contribution in [0.3, 0.4) is 0 Å². The molecule has 1 heterocycles. The smallest absolute Gasteiger partial charge is 0.284 e. The largest absolute Gasteiger partial charge is 0.419 e. The number of fused-ring (bicyclic) bond motifs is 1. The zero-order valence-electron chi connectivity index (χ0n) is 11.6. The van der Waals surface area contributed by atoms with Crippen LogP contribution in [0.25, 0.3) is 0 Å². The normalized spacial score (nSPS) is 32.0. The van der Waals surface area contributed by atoms with Crippen LogP contribution in [0.2, 0.25) is 0 Å². The van der Waals surface area contributed by atoms with E-state index in [1.54, 1.807) is 0 Å². The third-order valence-corrected chi connectivity index (χ3v) is 3.91. The Morgan fingerprint density at radius 1 is 1.30 bits per heavy atom. The number of hydrogen-bond acceptors (Lipinski definition) is 3. The minimum absolute atomic E-state index is 0.318. The van der Waals surface area contributed by atoms with Crippen molar-refractivity contribution >= 4 is 12.9 Å². The number of aliphatic imine (C=N–C) groups is 2. The topological polar surface area (TPSA) is 28.0 Å². The first-order valence-electron chi connectivity index (χ1n) is 6.85. The van der Waals surface area contributed by atoms with Gasteiger partial charge in [-0.2, -0.15) is 13.2 Å². The molecule has 0 spiro atoms. The predicted molar refractivity (Wildman–Crippen MR) is 74.0 cm³/mol. The van der Waals surface area contributed by atoms with Gasteiger partial charge in [-0.1, -0.05) is 6.92 Å². The predicted octanol–water partition coefficient (Wildman–Crippen LogP) is 3.14. The lowest BCUT2D eigenvalue weighted by Gasteiger charge is -2.21. The Balaban J connectivity index is 1.91. The Morgan fingerprint density at radius 2 is 2.05 bits per heavy atom. The number of allylic oxidation sites excluding steroid dienone is 1. The minimum atomic E-state index is -4.43. The van der Waals surface area contributed by atoms with Gasteiger partial charge >= 0.3 is 6.18 Å². The lowest BCUT2D eigenvalue weighted by molar-refractivity contribution is -0.0857. The first kappa shape index (κ1) is 15.2. The average molecular weight is 287 g/mol. The van der Waals surface area contributed by atoms with Crippen LogP contribution in [0, 0.1) is 17.8 Å². The van der Waals surface area contributed by atoms with Crippen LogP contribution in [0.1, 0.15) is 19.8 Å². The molecule has 3 nitrogen and oxygen atoms in total. The van der Waals surface area contributed by atoms with Gasteiger partial charge in [0.25, 0.3) is 0 Å². The standard InChI is InChI=1S/C14H20F3N3/c1-10-3-11-4-12(11)8-20(7-10)9-19-6-13(5-18-2)14(15,16)17/h5-6,10-12H,2-4,7-9H2,1H3/b13-5+,19-6?. The molecule has 0 amide bonds. The van der Waals surface area contributed by atoms with Crippen molar-refractivity contribution in [1.82, 2.24) is 4.90 Å². The fourth-order valence-corrected chi connectivity index (χ4v) is 2.91. The van der Waals surface area contributed by atoms with Crippen LogP contribution in [-0.2, 0) is 0 Å². The first-order valence-corrected chi connectivity index (χ1v) is 6.85. The molecule has 0 bridgehead atoms. The quantitative estimate of drug-likeness (QED) is 0.730. The molecule has 1 saturated carbocycles. The van der Waals surface area contributed by atoms with E-state index in [0.717, 1.165) is 31.1 Å². The maximum atomic E-state index is 12.6. The van der Waals surface area contributed by atoms with Crippen molar-refractivity contribution in [3.8, 4) is 0 Å². The van der Waals surface area contributed by atoms with Crippen molar-refractivity contribution in [3.63, 3.8) is 0 Å². The summed E-state index contributed by atoms with van der Waals surface area (Å²) in [6.45, 7) is 7.43. The van der Waals surface area contributed by atoms with Gasteiger partial charge in [0.15, 0.2) is 0 Å². The van der Waals surface area contributed by atoms with E-state index in [1.165, 1.54) is 12.8 Å². The van der Waals surface area contributed by atoms with Crippen LogP contribution in [0.5, 0.6) is 0 Å². The molecular formula is C14H20F3N3. The van der Waals surface area contributed by atoms with Crippen molar-refractivity contribution in [2.45, 2.75) is 25.9 Å². The molecule has 6 heteroatoms. The average Bonchev–Trinajstić information content (AvgIpc) is 3.04. The molecule has 2 aliphatic rings. The van der Waals surface area contributed by atoms with Crippen molar-refractivity contribution < 1.29 is 13.2 Å². The zero-order valence-corrected chi connectivity index (χ0v) is 11.6. The molecule has 0 aromatic rings. The number of alkyl halides is 3. The molecule has 2 fully saturated rings. The van der Waals surface area contributed by atoms with E-state index < -0.39 is 11.7 Å². The van der Waals surface area contributed by atoms with Gasteiger partial charge in [-0.05, 0) is 37.3 Å². The number of halogens is 3. The Bertz CT molecular complexity index is 412. The van der Waals surface area contributed by atoms with E-state index in [2.05, 4.69) is 28.5 Å². The highest BCUT2D eigenvalue weighted by Crippen LogP contribution is 2.45. The molecule has 3 atom stereocenters. The summed E-state index contributed by atoms with van der Waals surface area (Å²) in [5, 5.41) is 0. The van der Waals surface area contributed by atoms with Gasteiger partial charge in [0.05, 0.1) is 12.2 Å². The lowest BCUT2D eigenvalue weighted by Crippen LogP contribution is -2.29. The molecule has 112 valence electrons. The summed E-state index contributed by atoms with van der Waals surface area (Å²) in [6.07, 6.45) is -0.379. The highest BCUT2D eigenvalue weighted by atomic mass is 19.4. The maximum Gasteiger partial charge on any atom is 0.419 e. The molecular weight excluding hydrogens is 267 g/mol. The maximum absolute atomic E-state index is 12.6. The van der Waals surface area contributed by atoms with Gasteiger partial charge in [0.1, 0.15) is 0 Å². The van der Waals surface area contributed by atoms with Gasteiger partial charge in [0.2, 0.25) is 0 Å². The Labute approximate surface area is 117 Å². The summed E-state index contributed by atoms with van der Waals surface area (Å²) >= 11 is 0. The number of nitrogens with zero attached hydrogens (tertiary/aromatic N) is 3. The van der Waals surface area contributed by atoms with Crippen molar-refractivity contribution in [3.05, 3.63) is 11.8 Å². The fourth-order valence-electron chi connectivity index (χ4n) is 2.91. The highest BCUT2D eigenvalue weighted by molar-refractivity contribution is 5.80. The monoisotopic (exact) mass is 287 g/mol. The van der Waals surface area contributed by atoms with Crippen LogP contribution in [0.15, 0.2) is 21.8 Å². The van der Waals surface area contributed by atoms with Crippen molar-refractivity contribution in [2.75, 3.05) is 19.8 Å². The molecule has 20 heavy (non-hydrogen) atoms. The van der Waals surface area contributed by atoms with E-state index in [4.69, 9.17) is 0 Å². The molecule has 0 radical (unpaired) electrons. The summed E-state index contributed by atoms with van der Waals surface area (Å²) in [5.74, 6) is 2.15. The third-order valence-electron chi connectivity index (χ3n) is 3.91. The number of likely N-dealkylation sites (tertiary alicyclic amines) is 1. The van der Waals surface area contributed by atoms with Crippen LogP contribution in [-0.4, -0.2) is 43.8 Å².